The van der Waals surface area contributed by atoms with Crippen LogP contribution in [0.25, 0.3) is 0 Å². The van der Waals surface area contributed by atoms with Gasteiger partial charge in [0.15, 0.2) is 0 Å². The van der Waals surface area contributed by atoms with E-state index in [4.69, 9.17) is 4.74 Å². The number of carbonyl (C=O) groups excluding carboxylic acids is 1. The lowest BCUT2D eigenvalue weighted by molar-refractivity contribution is -0.0984. The molecule has 1 N–H and O–H groups in total. The molecule has 3 rings (SSSR count). The van der Waals surface area contributed by atoms with Crippen molar-refractivity contribution in [3.8, 4) is 0 Å². The summed E-state index contributed by atoms with van der Waals surface area (Å²) in [5.74, 6) is 0. The predicted molar refractivity (Wildman–Crippen MR) is 86.9 cm³/mol. The molecule has 1 aromatic heterocycles. The van der Waals surface area contributed by atoms with Crippen LogP contribution < -0.4 is 0 Å². The largest absolute Gasteiger partial charge is 0.444 e. The molecule has 0 aromatic carbocycles. The summed E-state index contributed by atoms with van der Waals surface area (Å²) in [5.41, 5.74) is -0.740. The van der Waals surface area contributed by atoms with E-state index in [0.29, 0.717) is 18.5 Å². The van der Waals surface area contributed by atoms with E-state index in [0.717, 1.165) is 19.3 Å². The number of carbonyl (C=O) groups is 1. The number of ether oxygens (including phenoxy) is 1. The summed E-state index contributed by atoms with van der Waals surface area (Å²) in [7, 11) is 0. The molecule has 2 aliphatic rings. The first-order chi connectivity index (χ1) is 10.8. The van der Waals surface area contributed by atoms with Gasteiger partial charge in [-0.3, -0.25) is 4.98 Å². The zero-order valence-corrected chi connectivity index (χ0v) is 14.2. The second-order valence-electron chi connectivity index (χ2n) is 7.78. The summed E-state index contributed by atoms with van der Waals surface area (Å²) >= 11 is 0. The number of pyridine rings is 1. The Bertz CT molecular complexity index is 553. The van der Waals surface area contributed by atoms with Gasteiger partial charge < -0.3 is 14.7 Å². The first kappa shape index (κ1) is 16.2. The van der Waals surface area contributed by atoms with Crippen LogP contribution in [0.2, 0.25) is 0 Å². The Morgan fingerprint density at radius 1 is 1.30 bits per heavy atom. The average Bonchev–Trinajstić information content (AvgIpc) is 2.45. The van der Waals surface area contributed by atoms with Gasteiger partial charge in [-0.1, -0.05) is 6.07 Å². The van der Waals surface area contributed by atoms with E-state index in [2.05, 4.69) is 4.98 Å². The molecular formula is C18H26N2O3. The predicted octanol–water partition coefficient (Wildman–Crippen LogP) is 3.22. The van der Waals surface area contributed by atoms with Crippen molar-refractivity contribution >= 4 is 6.09 Å². The third kappa shape index (κ3) is 3.34. The maximum atomic E-state index is 12.6. The highest BCUT2D eigenvalue weighted by atomic mass is 16.6. The SMILES string of the molecule is CC(C)(C)OC(=O)N1C2CCCC1CC(O)(c1ccccn1)C2. The highest BCUT2D eigenvalue weighted by Gasteiger charge is 2.49. The molecule has 0 radical (unpaired) electrons. The minimum absolute atomic E-state index is 0.0179. The second-order valence-corrected chi connectivity index (χ2v) is 7.78. The minimum Gasteiger partial charge on any atom is -0.444 e. The normalized spacial score (nSPS) is 30.9. The van der Waals surface area contributed by atoms with Gasteiger partial charge in [-0.25, -0.2) is 4.79 Å². The van der Waals surface area contributed by atoms with E-state index in [1.165, 1.54) is 0 Å². The van der Waals surface area contributed by atoms with Crippen LogP contribution in [0.1, 0.15) is 58.6 Å². The van der Waals surface area contributed by atoms with E-state index >= 15 is 0 Å². The lowest BCUT2D eigenvalue weighted by Gasteiger charge is -2.51. The minimum atomic E-state index is -0.949. The zero-order valence-electron chi connectivity index (χ0n) is 14.2. The highest BCUT2D eigenvalue weighted by Crippen LogP contribution is 2.44. The number of aromatic nitrogens is 1. The molecule has 23 heavy (non-hydrogen) atoms. The van der Waals surface area contributed by atoms with Gasteiger partial charge in [0.25, 0.3) is 0 Å². The molecule has 2 aliphatic heterocycles. The van der Waals surface area contributed by atoms with Crippen molar-refractivity contribution in [2.24, 2.45) is 0 Å². The fraction of sp³-hybridized carbons (Fsp3) is 0.667. The van der Waals surface area contributed by atoms with Gasteiger partial charge in [-0.05, 0) is 52.2 Å². The van der Waals surface area contributed by atoms with Gasteiger partial charge in [-0.2, -0.15) is 0 Å². The molecule has 3 heterocycles. The molecule has 2 unspecified atom stereocenters. The highest BCUT2D eigenvalue weighted by molar-refractivity contribution is 5.69. The molecule has 2 bridgehead atoms. The number of nitrogens with zero attached hydrogens (tertiary/aromatic N) is 2. The summed E-state index contributed by atoms with van der Waals surface area (Å²) in [6.45, 7) is 5.65. The number of hydrogen-bond acceptors (Lipinski definition) is 4. The van der Waals surface area contributed by atoms with Crippen LogP contribution in [-0.2, 0) is 10.3 Å². The number of piperidine rings is 2. The summed E-state index contributed by atoms with van der Waals surface area (Å²) in [5, 5.41) is 11.1. The van der Waals surface area contributed by atoms with E-state index in [1.807, 2.05) is 43.9 Å². The molecule has 1 aromatic rings. The molecule has 5 heteroatoms. The standard InChI is InChI=1S/C18H26N2O3/c1-17(2,3)23-16(21)20-13-7-6-8-14(20)12-18(22,11-13)15-9-4-5-10-19-15/h4-5,9-10,13-14,22H,6-8,11-12H2,1-3H3. The van der Waals surface area contributed by atoms with Crippen molar-refractivity contribution < 1.29 is 14.6 Å². The Morgan fingerprint density at radius 3 is 2.48 bits per heavy atom. The second kappa shape index (κ2) is 5.78. The Hall–Kier alpha value is -1.62. The van der Waals surface area contributed by atoms with E-state index in [1.54, 1.807) is 6.20 Å². The van der Waals surface area contributed by atoms with Crippen LogP contribution in [0.15, 0.2) is 24.4 Å². The smallest absolute Gasteiger partial charge is 0.410 e. The molecule has 0 spiro atoms. The lowest BCUT2D eigenvalue weighted by Crippen LogP contribution is -2.59. The Kier molecular flexibility index (Phi) is 4.08. The van der Waals surface area contributed by atoms with Gasteiger partial charge >= 0.3 is 6.09 Å². The number of amides is 1. The fourth-order valence-electron chi connectivity index (χ4n) is 3.89. The Labute approximate surface area is 137 Å². The van der Waals surface area contributed by atoms with Crippen LogP contribution in [0.5, 0.6) is 0 Å². The number of hydrogen-bond donors (Lipinski definition) is 1. The number of rotatable bonds is 1. The Balaban J connectivity index is 1.82. The van der Waals surface area contributed by atoms with Crippen molar-refractivity contribution in [3.05, 3.63) is 30.1 Å². The molecule has 1 amide bonds. The van der Waals surface area contributed by atoms with Crippen LogP contribution >= 0.6 is 0 Å². The van der Waals surface area contributed by atoms with Crippen LogP contribution in [0.3, 0.4) is 0 Å². The molecule has 2 fully saturated rings. The van der Waals surface area contributed by atoms with Crippen molar-refractivity contribution in [1.82, 2.24) is 9.88 Å². The van der Waals surface area contributed by atoms with Crippen molar-refractivity contribution in [3.63, 3.8) is 0 Å². The van der Waals surface area contributed by atoms with Gasteiger partial charge in [-0.15, -0.1) is 0 Å². The van der Waals surface area contributed by atoms with Crippen molar-refractivity contribution in [2.45, 2.75) is 76.2 Å². The molecule has 5 nitrogen and oxygen atoms in total. The summed E-state index contributed by atoms with van der Waals surface area (Å²) in [6.07, 6.45) is 5.42. The average molecular weight is 318 g/mol. The first-order valence-electron chi connectivity index (χ1n) is 8.44. The molecule has 0 aliphatic carbocycles. The van der Waals surface area contributed by atoms with Gasteiger partial charge in [0.05, 0.1) is 5.69 Å². The summed E-state index contributed by atoms with van der Waals surface area (Å²) in [4.78, 5) is 18.8. The zero-order chi connectivity index (χ0) is 16.7. The maximum Gasteiger partial charge on any atom is 0.410 e. The van der Waals surface area contributed by atoms with Crippen LogP contribution in [-0.4, -0.2) is 38.8 Å². The monoisotopic (exact) mass is 318 g/mol. The molecule has 0 saturated carbocycles. The number of aliphatic hydroxyl groups is 1. The number of fused-ring (bicyclic) bond motifs is 2. The van der Waals surface area contributed by atoms with Crippen molar-refractivity contribution in [2.75, 3.05) is 0 Å². The van der Waals surface area contributed by atoms with Gasteiger partial charge in [0, 0.05) is 31.1 Å². The van der Waals surface area contributed by atoms with Crippen LogP contribution in [0, 0.1) is 0 Å². The molecular weight excluding hydrogens is 292 g/mol. The lowest BCUT2D eigenvalue weighted by atomic mass is 9.74. The third-order valence-electron chi connectivity index (χ3n) is 4.75. The molecule has 2 saturated heterocycles. The fourth-order valence-corrected chi connectivity index (χ4v) is 3.89. The van der Waals surface area contributed by atoms with E-state index < -0.39 is 11.2 Å². The Morgan fingerprint density at radius 2 is 1.96 bits per heavy atom. The third-order valence-corrected chi connectivity index (χ3v) is 4.75. The van der Waals surface area contributed by atoms with E-state index in [9.17, 15) is 9.90 Å². The summed E-state index contributed by atoms with van der Waals surface area (Å²) in [6, 6.07) is 5.66. The first-order valence-corrected chi connectivity index (χ1v) is 8.44. The van der Waals surface area contributed by atoms with E-state index in [-0.39, 0.29) is 18.2 Å². The van der Waals surface area contributed by atoms with Gasteiger partial charge in [0.1, 0.15) is 11.2 Å². The molecule has 126 valence electrons. The maximum absolute atomic E-state index is 12.6. The quantitative estimate of drug-likeness (QED) is 0.863. The summed E-state index contributed by atoms with van der Waals surface area (Å²) < 4.78 is 5.58. The van der Waals surface area contributed by atoms with Crippen LogP contribution in [0.4, 0.5) is 4.79 Å². The topological polar surface area (TPSA) is 62.7 Å². The van der Waals surface area contributed by atoms with Gasteiger partial charge in [0.2, 0.25) is 0 Å². The molecule has 2 atom stereocenters. The van der Waals surface area contributed by atoms with Crippen molar-refractivity contribution in [1.29, 1.82) is 0 Å².